The zero-order valence-corrected chi connectivity index (χ0v) is 20.6. The maximum absolute atomic E-state index is 13.7. The van der Waals surface area contributed by atoms with Crippen LogP contribution in [0.25, 0.3) is 16.0 Å². The van der Waals surface area contributed by atoms with Crippen molar-refractivity contribution < 1.29 is 23.8 Å². The molecule has 0 spiro atoms. The van der Waals surface area contributed by atoms with Gasteiger partial charge in [0.2, 0.25) is 0 Å². The van der Waals surface area contributed by atoms with Crippen LogP contribution in [0.15, 0.2) is 72.3 Å². The number of Topliss-reactive ketones (excluding diaryl/α,β-unsaturated/α-hetero) is 1. The lowest BCUT2D eigenvalue weighted by Crippen LogP contribution is -2.29. The van der Waals surface area contributed by atoms with Gasteiger partial charge in [-0.2, -0.15) is 0 Å². The Labute approximate surface area is 211 Å². The van der Waals surface area contributed by atoms with E-state index in [-0.39, 0.29) is 16.5 Å². The number of amides is 1. The van der Waals surface area contributed by atoms with Crippen LogP contribution in [0.1, 0.15) is 17.2 Å². The number of hydrogen-bond acceptors (Lipinski definition) is 6. The summed E-state index contributed by atoms with van der Waals surface area (Å²) in [5.74, 6) is -1.74. The first-order valence-corrected chi connectivity index (χ1v) is 12.0. The zero-order valence-electron chi connectivity index (χ0n) is 17.7. The molecule has 3 aromatic carbocycles. The molecule has 9 heteroatoms. The van der Waals surface area contributed by atoms with E-state index in [4.69, 9.17) is 4.74 Å². The zero-order chi connectivity index (χ0) is 24.0. The number of aliphatic hydroxyl groups is 1. The molecule has 0 radical (unpaired) electrons. The topological polar surface area (TPSA) is 79.7 Å². The highest BCUT2D eigenvalue weighted by molar-refractivity contribution is 14.1. The molecule has 5 rings (SSSR count). The molecule has 170 valence electrons. The molecule has 1 aliphatic heterocycles. The van der Waals surface area contributed by atoms with Crippen LogP contribution in [0.3, 0.4) is 0 Å². The predicted molar refractivity (Wildman–Crippen MR) is 137 cm³/mol. The van der Waals surface area contributed by atoms with Crippen molar-refractivity contribution in [2.75, 3.05) is 12.0 Å². The number of hydrogen-bond donors (Lipinski definition) is 1. The van der Waals surface area contributed by atoms with Gasteiger partial charge in [0.15, 0.2) is 5.13 Å². The Morgan fingerprint density at radius 3 is 2.47 bits per heavy atom. The molecular weight excluding hydrogens is 570 g/mol. The number of thiazole rings is 1. The number of carbonyl (C=O) groups is 2. The van der Waals surface area contributed by atoms with Gasteiger partial charge < -0.3 is 9.84 Å². The highest BCUT2D eigenvalue weighted by Gasteiger charge is 2.48. The van der Waals surface area contributed by atoms with Gasteiger partial charge in [0.05, 0.1) is 28.9 Å². The quantitative estimate of drug-likeness (QED) is 0.144. The second-order valence-electron chi connectivity index (χ2n) is 7.56. The molecule has 4 aromatic rings. The largest absolute Gasteiger partial charge is 0.507 e. The fraction of sp³-hybridized carbons (Fsp3) is 0.0800. The number of aliphatic hydroxyl groups excluding tert-OH is 1. The van der Waals surface area contributed by atoms with Crippen molar-refractivity contribution in [2.45, 2.75) is 6.04 Å². The smallest absolute Gasteiger partial charge is 0.301 e. The molecule has 1 fully saturated rings. The number of ketones is 1. The molecule has 1 amide bonds. The SMILES string of the molecule is COc1ccc(C(O)=C2C(=O)C(=O)N(c3nc4ccc(F)cc4s3)C2c2ccc(I)cc2)cc1. The standard InChI is InChI=1S/C25H16FIN2O4S/c1-33-17-9-4-14(5-10-17)22(30)20-21(13-2-7-16(27)8-3-13)29(24(32)23(20)31)25-28-18-11-6-15(26)12-19(18)34-25/h2-12,21,30H,1H3. The highest BCUT2D eigenvalue weighted by atomic mass is 127. The highest BCUT2D eigenvalue weighted by Crippen LogP contribution is 2.44. The molecule has 1 N–H and O–H groups in total. The third kappa shape index (κ3) is 3.84. The predicted octanol–water partition coefficient (Wildman–Crippen LogP) is 5.67. The van der Waals surface area contributed by atoms with Crippen LogP contribution in [0.2, 0.25) is 0 Å². The number of aromatic nitrogens is 1. The van der Waals surface area contributed by atoms with E-state index in [1.165, 1.54) is 30.2 Å². The Kier molecular flexibility index (Phi) is 5.82. The van der Waals surface area contributed by atoms with Crippen LogP contribution in [0, 0.1) is 9.39 Å². The lowest BCUT2D eigenvalue weighted by Gasteiger charge is -2.23. The number of nitrogens with zero attached hydrogens (tertiary/aromatic N) is 2. The van der Waals surface area contributed by atoms with Crippen molar-refractivity contribution in [3.8, 4) is 5.75 Å². The second-order valence-corrected chi connectivity index (χ2v) is 9.81. The summed E-state index contributed by atoms with van der Waals surface area (Å²) in [6.07, 6.45) is 0. The monoisotopic (exact) mass is 586 g/mol. The number of fused-ring (bicyclic) bond motifs is 1. The summed E-state index contributed by atoms with van der Waals surface area (Å²) in [5, 5.41) is 11.4. The van der Waals surface area contributed by atoms with Crippen molar-refractivity contribution in [3.63, 3.8) is 0 Å². The van der Waals surface area contributed by atoms with E-state index in [0.29, 0.717) is 27.1 Å². The molecule has 1 atom stereocenters. The number of anilines is 1. The molecule has 0 bridgehead atoms. The molecule has 6 nitrogen and oxygen atoms in total. The van der Waals surface area contributed by atoms with Crippen LogP contribution in [-0.2, 0) is 9.59 Å². The number of carbonyl (C=O) groups excluding carboxylic acids is 2. The van der Waals surface area contributed by atoms with Gasteiger partial charge in [-0.25, -0.2) is 9.37 Å². The van der Waals surface area contributed by atoms with Crippen LogP contribution in [-0.4, -0.2) is 28.9 Å². The summed E-state index contributed by atoms with van der Waals surface area (Å²) in [4.78, 5) is 32.2. The number of halogens is 2. The van der Waals surface area contributed by atoms with Crippen molar-refractivity contribution >= 4 is 66.7 Å². The van der Waals surface area contributed by atoms with E-state index in [2.05, 4.69) is 27.6 Å². The second kappa shape index (κ2) is 8.80. The first-order valence-electron chi connectivity index (χ1n) is 10.1. The lowest BCUT2D eigenvalue weighted by atomic mass is 9.95. The Morgan fingerprint density at radius 2 is 1.79 bits per heavy atom. The van der Waals surface area contributed by atoms with E-state index in [1.807, 2.05) is 12.1 Å². The normalized spacial score (nSPS) is 17.5. The van der Waals surface area contributed by atoms with Gasteiger partial charge in [0, 0.05) is 9.13 Å². The minimum absolute atomic E-state index is 0.0400. The van der Waals surface area contributed by atoms with Gasteiger partial charge in [-0.3, -0.25) is 14.5 Å². The Hall–Kier alpha value is -3.31. The molecule has 2 heterocycles. The molecule has 0 saturated carbocycles. The Balaban J connectivity index is 1.71. The van der Waals surface area contributed by atoms with E-state index < -0.39 is 23.5 Å². The van der Waals surface area contributed by atoms with Gasteiger partial charge in [0.25, 0.3) is 5.78 Å². The van der Waals surface area contributed by atoms with Crippen LogP contribution >= 0.6 is 33.9 Å². The fourth-order valence-corrected chi connectivity index (χ4v) is 5.26. The Morgan fingerprint density at radius 1 is 1.09 bits per heavy atom. The summed E-state index contributed by atoms with van der Waals surface area (Å²) >= 11 is 3.28. The van der Waals surface area contributed by atoms with Gasteiger partial charge in [0.1, 0.15) is 17.3 Å². The van der Waals surface area contributed by atoms with E-state index in [0.717, 1.165) is 14.9 Å². The molecule has 0 aliphatic carbocycles. The first kappa shape index (κ1) is 22.5. The van der Waals surface area contributed by atoms with Gasteiger partial charge >= 0.3 is 5.91 Å². The van der Waals surface area contributed by atoms with Crippen LogP contribution in [0.4, 0.5) is 9.52 Å². The van der Waals surface area contributed by atoms with Gasteiger partial charge in [-0.15, -0.1) is 0 Å². The molecular formula is C25H16FIN2O4S. The average molecular weight is 586 g/mol. The fourth-order valence-electron chi connectivity index (χ4n) is 3.88. The number of ether oxygens (including phenoxy) is 1. The molecule has 1 unspecified atom stereocenters. The summed E-state index contributed by atoms with van der Waals surface area (Å²) in [6, 6.07) is 17.1. The van der Waals surface area contributed by atoms with E-state index in [1.54, 1.807) is 36.4 Å². The van der Waals surface area contributed by atoms with Crippen molar-refractivity contribution in [2.24, 2.45) is 0 Å². The third-order valence-corrected chi connectivity index (χ3v) is 7.28. The number of methoxy groups -OCH3 is 1. The van der Waals surface area contributed by atoms with Crippen molar-refractivity contribution in [1.82, 2.24) is 4.98 Å². The van der Waals surface area contributed by atoms with Crippen LogP contribution in [0.5, 0.6) is 5.75 Å². The third-order valence-electron chi connectivity index (χ3n) is 5.54. The average Bonchev–Trinajstić information content (AvgIpc) is 3.37. The van der Waals surface area contributed by atoms with Crippen molar-refractivity contribution in [1.29, 1.82) is 0 Å². The molecule has 1 aromatic heterocycles. The number of benzene rings is 3. The minimum Gasteiger partial charge on any atom is -0.507 e. The maximum atomic E-state index is 13.7. The summed E-state index contributed by atoms with van der Waals surface area (Å²) < 4.78 is 20.4. The van der Waals surface area contributed by atoms with E-state index >= 15 is 0 Å². The van der Waals surface area contributed by atoms with Crippen LogP contribution < -0.4 is 9.64 Å². The minimum atomic E-state index is -0.899. The molecule has 1 aliphatic rings. The first-order chi connectivity index (χ1) is 16.4. The summed E-state index contributed by atoms with van der Waals surface area (Å²) in [7, 11) is 1.53. The Bertz CT molecular complexity index is 1460. The number of rotatable bonds is 4. The maximum Gasteiger partial charge on any atom is 0.301 e. The van der Waals surface area contributed by atoms with E-state index in [9.17, 15) is 19.1 Å². The molecule has 1 saturated heterocycles. The lowest BCUT2D eigenvalue weighted by molar-refractivity contribution is -0.132. The van der Waals surface area contributed by atoms with Crippen molar-refractivity contribution in [3.05, 3.63) is 92.8 Å². The summed E-state index contributed by atoms with van der Waals surface area (Å²) in [5.41, 5.74) is 1.49. The van der Waals surface area contributed by atoms with Gasteiger partial charge in [-0.1, -0.05) is 23.5 Å². The molecule has 34 heavy (non-hydrogen) atoms. The van der Waals surface area contributed by atoms with Gasteiger partial charge in [-0.05, 0) is 82.8 Å². The summed E-state index contributed by atoms with van der Waals surface area (Å²) in [6.45, 7) is 0.